The zero-order valence-corrected chi connectivity index (χ0v) is 25.1. The second-order valence-corrected chi connectivity index (χ2v) is 10.7. The van der Waals surface area contributed by atoms with Gasteiger partial charge in [-0.25, -0.2) is 14.8 Å². The standard InChI is InChI=1S/C31H34N4O5.C2H6/c1-20-6-4-9-27(32-20)31(2)39-26-8-5-7-23(29(26)40-31)21-12-14-34(15-13-21)19-28-33-24-11-10-22(30(36)37)18-25(24)35(28)16-17-38-3;1-2/h4-11,18,21H,12-17,19H2,1-3H3,(H,36,37);1-2H3. The first-order valence-electron chi connectivity index (χ1n) is 14.7. The number of methoxy groups -OCH3 is 1. The van der Waals surface area contributed by atoms with Crippen molar-refractivity contribution in [1.29, 1.82) is 0 Å². The summed E-state index contributed by atoms with van der Waals surface area (Å²) >= 11 is 0. The summed E-state index contributed by atoms with van der Waals surface area (Å²) in [7, 11) is 1.67. The third-order valence-corrected chi connectivity index (χ3v) is 7.95. The lowest BCUT2D eigenvalue weighted by molar-refractivity contribution is -0.0723. The molecule has 2 aliphatic heterocycles. The van der Waals surface area contributed by atoms with E-state index < -0.39 is 11.8 Å². The molecule has 1 atom stereocenters. The van der Waals surface area contributed by atoms with Gasteiger partial charge in [-0.1, -0.05) is 32.0 Å². The zero-order chi connectivity index (χ0) is 29.9. The molecule has 0 radical (unpaired) electrons. The van der Waals surface area contributed by atoms with Gasteiger partial charge >= 0.3 is 5.97 Å². The summed E-state index contributed by atoms with van der Waals surface area (Å²) in [5.74, 6) is 0.968. The molecule has 1 N–H and O–H groups in total. The minimum Gasteiger partial charge on any atom is -0.478 e. The molecule has 222 valence electrons. The predicted octanol–water partition coefficient (Wildman–Crippen LogP) is 6.13. The molecule has 0 spiro atoms. The Balaban J connectivity index is 0.00000173. The highest BCUT2D eigenvalue weighted by Crippen LogP contribution is 2.49. The van der Waals surface area contributed by atoms with Gasteiger partial charge < -0.3 is 23.9 Å². The maximum absolute atomic E-state index is 11.6. The number of aryl methyl sites for hydroxylation is 1. The third-order valence-electron chi connectivity index (χ3n) is 7.95. The summed E-state index contributed by atoms with van der Waals surface area (Å²) in [5, 5.41) is 9.47. The largest absolute Gasteiger partial charge is 0.478 e. The number of nitrogens with zero attached hydrogens (tertiary/aromatic N) is 4. The van der Waals surface area contributed by atoms with Crippen LogP contribution in [0.2, 0.25) is 0 Å². The van der Waals surface area contributed by atoms with Gasteiger partial charge in [-0.3, -0.25) is 4.90 Å². The van der Waals surface area contributed by atoms with Gasteiger partial charge in [0.2, 0.25) is 0 Å². The van der Waals surface area contributed by atoms with Crippen molar-refractivity contribution in [3.05, 3.63) is 82.9 Å². The van der Waals surface area contributed by atoms with Crippen LogP contribution < -0.4 is 9.47 Å². The fourth-order valence-corrected chi connectivity index (χ4v) is 5.83. The van der Waals surface area contributed by atoms with Gasteiger partial charge in [-0.15, -0.1) is 0 Å². The number of carboxylic acids is 1. The van der Waals surface area contributed by atoms with Crippen LogP contribution in [-0.2, 0) is 23.6 Å². The third kappa shape index (κ3) is 5.84. The molecule has 1 saturated heterocycles. The Morgan fingerprint density at radius 1 is 1.07 bits per heavy atom. The summed E-state index contributed by atoms with van der Waals surface area (Å²) in [6.07, 6.45) is 1.97. The van der Waals surface area contributed by atoms with Gasteiger partial charge in [0.25, 0.3) is 5.79 Å². The SMILES string of the molecule is CC.COCCn1c(CN2CCC(c3cccc4c3OC(C)(c3cccc(C)n3)O4)CC2)nc2ccc(C(=O)O)cc21. The minimum absolute atomic E-state index is 0.259. The van der Waals surface area contributed by atoms with Crippen molar-refractivity contribution >= 4 is 17.0 Å². The number of para-hydroxylation sites is 1. The summed E-state index contributed by atoms with van der Waals surface area (Å²) in [6, 6.07) is 17.2. The monoisotopic (exact) mass is 572 g/mol. The van der Waals surface area contributed by atoms with E-state index in [1.54, 1.807) is 25.3 Å². The second-order valence-electron chi connectivity index (χ2n) is 10.7. The highest BCUT2D eigenvalue weighted by Gasteiger charge is 2.42. The van der Waals surface area contributed by atoms with Gasteiger partial charge in [0.05, 0.1) is 29.7 Å². The van der Waals surface area contributed by atoms with Crippen molar-refractivity contribution in [2.75, 3.05) is 26.8 Å². The first-order valence-corrected chi connectivity index (χ1v) is 14.7. The number of carbonyl (C=O) groups is 1. The summed E-state index contributed by atoms with van der Waals surface area (Å²) in [6.45, 7) is 11.6. The molecular weight excluding hydrogens is 532 g/mol. The Bertz CT molecular complexity index is 1560. The van der Waals surface area contributed by atoms with Gasteiger partial charge in [0.1, 0.15) is 11.5 Å². The number of imidazole rings is 1. The van der Waals surface area contributed by atoms with E-state index in [4.69, 9.17) is 19.2 Å². The van der Waals surface area contributed by atoms with Crippen LogP contribution in [0.25, 0.3) is 11.0 Å². The quantitative estimate of drug-likeness (QED) is 0.269. The molecule has 0 amide bonds. The highest BCUT2D eigenvalue weighted by atomic mass is 16.7. The lowest BCUT2D eigenvalue weighted by Crippen LogP contribution is -2.34. The van der Waals surface area contributed by atoms with Crippen molar-refractivity contribution < 1.29 is 24.1 Å². The molecular formula is C33H40N4O5. The molecule has 2 aromatic carbocycles. The zero-order valence-electron chi connectivity index (χ0n) is 25.1. The summed E-state index contributed by atoms with van der Waals surface area (Å²) in [4.78, 5) is 23.5. The lowest BCUT2D eigenvalue weighted by Gasteiger charge is -2.32. The molecule has 9 nitrogen and oxygen atoms in total. The van der Waals surface area contributed by atoms with E-state index in [0.717, 1.165) is 65.7 Å². The van der Waals surface area contributed by atoms with Crippen LogP contribution in [0.15, 0.2) is 54.6 Å². The predicted molar refractivity (Wildman–Crippen MR) is 161 cm³/mol. The van der Waals surface area contributed by atoms with Crippen LogP contribution in [0.4, 0.5) is 0 Å². The molecule has 4 aromatic rings. The fourth-order valence-electron chi connectivity index (χ4n) is 5.83. The van der Waals surface area contributed by atoms with Gasteiger partial charge in [-0.05, 0) is 75.2 Å². The Kier molecular flexibility index (Phi) is 8.80. The number of rotatable bonds is 8. The second kappa shape index (κ2) is 12.5. The van der Waals surface area contributed by atoms with Crippen molar-refractivity contribution in [1.82, 2.24) is 19.4 Å². The summed E-state index contributed by atoms with van der Waals surface area (Å²) < 4.78 is 20.2. The van der Waals surface area contributed by atoms with Crippen molar-refractivity contribution in [3.63, 3.8) is 0 Å². The first kappa shape index (κ1) is 29.5. The van der Waals surface area contributed by atoms with Crippen LogP contribution in [0, 0.1) is 6.92 Å². The maximum atomic E-state index is 11.6. The molecule has 0 bridgehead atoms. The molecule has 9 heteroatoms. The van der Waals surface area contributed by atoms with Gasteiger partial charge in [0.15, 0.2) is 11.5 Å². The molecule has 2 aliphatic rings. The number of ether oxygens (including phenoxy) is 3. The molecule has 4 heterocycles. The van der Waals surface area contributed by atoms with Crippen molar-refractivity contribution in [3.8, 4) is 11.5 Å². The molecule has 2 aromatic heterocycles. The minimum atomic E-state index is -0.951. The number of likely N-dealkylation sites (tertiary alicyclic amines) is 1. The number of pyridine rings is 1. The number of hydrogen-bond acceptors (Lipinski definition) is 7. The fraction of sp³-hybridized carbons (Fsp3) is 0.424. The molecule has 0 saturated carbocycles. The van der Waals surface area contributed by atoms with E-state index in [-0.39, 0.29) is 5.56 Å². The van der Waals surface area contributed by atoms with Crippen LogP contribution in [0.5, 0.6) is 11.5 Å². The van der Waals surface area contributed by atoms with Gasteiger partial charge in [0, 0.05) is 31.8 Å². The number of carboxylic acid groups (broad SMARTS) is 1. The number of aromatic carboxylic acids is 1. The maximum Gasteiger partial charge on any atom is 0.335 e. The first-order chi connectivity index (χ1) is 20.3. The number of piperidine rings is 1. The smallest absolute Gasteiger partial charge is 0.335 e. The number of benzene rings is 2. The summed E-state index contributed by atoms with van der Waals surface area (Å²) in [5.41, 5.74) is 4.75. The van der Waals surface area contributed by atoms with Crippen LogP contribution >= 0.6 is 0 Å². The van der Waals surface area contributed by atoms with E-state index in [1.165, 1.54) is 5.56 Å². The lowest BCUT2D eigenvalue weighted by atomic mass is 9.88. The van der Waals surface area contributed by atoms with Crippen molar-refractivity contribution in [2.24, 2.45) is 0 Å². The van der Waals surface area contributed by atoms with Crippen LogP contribution in [0.1, 0.15) is 72.7 Å². The molecule has 1 fully saturated rings. The average molecular weight is 573 g/mol. The van der Waals surface area contributed by atoms with E-state index in [2.05, 4.69) is 20.5 Å². The van der Waals surface area contributed by atoms with E-state index in [1.807, 2.05) is 58.0 Å². The number of aromatic nitrogens is 3. The molecule has 6 rings (SSSR count). The number of hydrogen-bond donors (Lipinski definition) is 1. The van der Waals surface area contributed by atoms with E-state index in [9.17, 15) is 9.90 Å². The van der Waals surface area contributed by atoms with Gasteiger partial charge in [-0.2, -0.15) is 0 Å². The van der Waals surface area contributed by atoms with Crippen LogP contribution in [-0.4, -0.2) is 57.3 Å². The van der Waals surface area contributed by atoms with E-state index in [0.29, 0.717) is 25.6 Å². The average Bonchev–Trinajstić information content (AvgIpc) is 3.54. The Hall–Kier alpha value is -3.95. The molecule has 1 unspecified atom stereocenters. The highest BCUT2D eigenvalue weighted by molar-refractivity contribution is 5.92. The normalized spacial score (nSPS) is 18.6. The topological polar surface area (TPSA) is 98.9 Å². The Morgan fingerprint density at radius 2 is 1.83 bits per heavy atom. The molecule has 42 heavy (non-hydrogen) atoms. The molecule has 0 aliphatic carbocycles. The van der Waals surface area contributed by atoms with Crippen molar-refractivity contribution in [2.45, 2.75) is 65.3 Å². The van der Waals surface area contributed by atoms with Crippen LogP contribution in [0.3, 0.4) is 0 Å². The van der Waals surface area contributed by atoms with E-state index >= 15 is 0 Å². The Morgan fingerprint density at radius 3 is 2.55 bits per heavy atom. The Labute approximate surface area is 247 Å². The number of fused-ring (bicyclic) bond motifs is 2.